The number of morpholine rings is 1. The Morgan fingerprint density at radius 1 is 1.50 bits per heavy atom. The molecule has 1 fully saturated rings. The van der Waals surface area contributed by atoms with E-state index in [1.807, 2.05) is 6.92 Å². The van der Waals surface area contributed by atoms with Gasteiger partial charge >= 0.3 is 5.97 Å². The lowest BCUT2D eigenvalue weighted by Crippen LogP contribution is -2.48. The molecule has 0 spiro atoms. The van der Waals surface area contributed by atoms with Gasteiger partial charge in [0.2, 0.25) is 11.7 Å². The molecule has 0 radical (unpaired) electrons. The number of halogens is 1. The lowest BCUT2D eigenvalue weighted by Gasteiger charge is -2.36. The molecule has 1 aliphatic heterocycles. The van der Waals surface area contributed by atoms with Gasteiger partial charge in [-0.05, 0) is 32.5 Å². The zero-order chi connectivity index (χ0) is 20.3. The largest absolute Gasteiger partial charge is 0.480 e. The first-order chi connectivity index (χ1) is 13.3. The highest BCUT2D eigenvalue weighted by atomic mass is 19.1. The zero-order valence-corrected chi connectivity index (χ0v) is 16.3. The van der Waals surface area contributed by atoms with Gasteiger partial charge in [0.25, 0.3) is 0 Å². The summed E-state index contributed by atoms with van der Waals surface area (Å²) in [7, 11) is 1.75. The van der Waals surface area contributed by atoms with E-state index in [9.17, 15) is 9.18 Å². The minimum Gasteiger partial charge on any atom is -0.480 e. The number of hydrogen-bond donors (Lipinski definition) is 1. The third-order valence-electron chi connectivity index (χ3n) is 4.87. The van der Waals surface area contributed by atoms with E-state index in [1.54, 1.807) is 31.0 Å². The second-order valence-corrected chi connectivity index (χ2v) is 7.17. The average molecular weight is 392 g/mol. The number of carbonyl (C=O) groups is 1. The fourth-order valence-corrected chi connectivity index (χ4v) is 3.26. The predicted molar refractivity (Wildman–Crippen MR) is 99.3 cm³/mol. The molecule has 1 saturated heterocycles. The van der Waals surface area contributed by atoms with Gasteiger partial charge in [-0.2, -0.15) is 4.98 Å². The number of likely N-dealkylation sites (N-methyl/N-ethyl adjacent to an activating group) is 1. The van der Waals surface area contributed by atoms with Crippen molar-refractivity contribution in [2.24, 2.45) is 0 Å². The molecular weight excluding hydrogens is 367 g/mol. The molecule has 2 heterocycles. The normalized spacial score (nSPS) is 19.1. The Morgan fingerprint density at radius 2 is 2.29 bits per heavy atom. The van der Waals surface area contributed by atoms with Crippen molar-refractivity contribution in [3.63, 3.8) is 0 Å². The number of nitrogens with zero attached hydrogens (tertiary/aromatic N) is 4. The van der Waals surface area contributed by atoms with E-state index in [0.29, 0.717) is 49.1 Å². The minimum atomic E-state index is -0.866. The van der Waals surface area contributed by atoms with Crippen molar-refractivity contribution in [2.75, 3.05) is 39.8 Å². The molecule has 2 aromatic rings. The molecule has 2 atom stereocenters. The van der Waals surface area contributed by atoms with Crippen LogP contribution < -0.4 is 0 Å². The minimum absolute atomic E-state index is 0.0322. The first-order valence-electron chi connectivity index (χ1n) is 9.19. The smallest absolute Gasteiger partial charge is 0.317 e. The number of hydrogen-bond acceptors (Lipinski definition) is 7. The standard InChI is InChI=1S/C19H25FN4O4/c1-12-4-5-14(8-16(12)20)18-21-19(28-22-18)13(2)24-6-7-27-15(10-24)9-23(3)11-17(25)26/h4-5,8,13,15H,6-7,9-11H2,1-3H3,(H,25,26). The van der Waals surface area contributed by atoms with Gasteiger partial charge in [0.1, 0.15) is 5.82 Å². The summed E-state index contributed by atoms with van der Waals surface area (Å²) in [6.07, 6.45) is -0.103. The summed E-state index contributed by atoms with van der Waals surface area (Å²) in [5.41, 5.74) is 1.13. The van der Waals surface area contributed by atoms with E-state index in [1.165, 1.54) is 6.07 Å². The van der Waals surface area contributed by atoms with Crippen LogP contribution in [0.3, 0.4) is 0 Å². The van der Waals surface area contributed by atoms with Gasteiger partial charge in [-0.15, -0.1) is 0 Å². The first kappa shape index (κ1) is 20.4. The summed E-state index contributed by atoms with van der Waals surface area (Å²) in [4.78, 5) is 19.1. The average Bonchev–Trinajstić information content (AvgIpc) is 3.13. The lowest BCUT2D eigenvalue weighted by atomic mass is 10.1. The van der Waals surface area contributed by atoms with E-state index in [0.717, 1.165) is 0 Å². The number of carboxylic acids is 1. The van der Waals surface area contributed by atoms with E-state index >= 15 is 0 Å². The molecule has 0 amide bonds. The number of carboxylic acid groups (broad SMARTS) is 1. The molecule has 0 bridgehead atoms. The Morgan fingerprint density at radius 3 is 3.00 bits per heavy atom. The van der Waals surface area contributed by atoms with Gasteiger partial charge in [-0.25, -0.2) is 4.39 Å². The van der Waals surface area contributed by atoms with Gasteiger partial charge in [-0.1, -0.05) is 17.3 Å². The Balaban J connectivity index is 1.65. The lowest BCUT2D eigenvalue weighted by molar-refractivity contribution is -0.138. The fraction of sp³-hybridized carbons (Fsp3) is 0.526. The summed E-state index contributed by atoms with van der Waals surface area (Å²) in [5, 5.41) is 12.9. The first-order valence-corrected chi connectivity index (χ1v) is 9.19. The maximum Gasteiger partial charge on any atom is 0.317 e. The number of aromatic nitrogens is 2. The molecule has 1 aliphatic rings. The maximum atomic E-state index is 13.8. The van der Waals surface area contributed by atoms with Gasteiger partial charge in [0, 0.05) is 25.2 Å². The van der Waals surface area contributed by atoms with Gasteiger partial charge in [0.05, 0.1) is 25.3 Å². The summed E-state index contributed by atoms with van der Waals surface area (Å²) in [5.74, 6) is -0.366. The Kier molecular flexibility index (Phi) is 6.38. The Bertz CT molecular complexity index is 828. The molecule has 152 valence electrons. The molecule has 9 heteroatoms. The summed E-state index contributed by atoms with van der Waals surface area (Å²) >= 11 is 0. The van der Waals surface area contributed by atoms with Crippen LogP contribution in [0.1, 0.15) is 24.4 Å². The Labute approximate surface area is 162 Å². The SMILES string of the molecule is Cc1ccc(-c2noc(C(C)N3CCOC(CN(C)CC(=O)O)C3)n2)cc1F. The third kappa shape index (κ3) is 4.92. The number of aryl methyl sites for hydroxylation is 1. The highest BCUT2D eigenvalue weighted by molar-refractivity contribution is 5.69. The van der Waals surface area contributed by atoms with Crippen molar-refractivity contribution in [3.8, 4) is 11.4 Å². The highest BCUT2D eigenvalue weighted by Crippen LogP contribution is 2.25. The van der Waals surface area contributed by atoms with Crippen molar-refractivity contribution in [3.05, 3.63) is 35.5 Å². The monoisotopic (exact) mass is 392 g/mol. The van der Waals surface area contributed by atoms with E-state index in [4.69, 9.17) is 14.4 Å². The van der Waals surface area contributed by atoms with Crippen LogP contribution in [0.5, 0.6) is 0 Å². The fourth-order valence-electron chi connectivity index (χ4n) is 3.26. The van der Waals surface area contributed by atoms with Crippen molar-refractivity contribution >= 4 is 5.97 Å². The molecular formula is C19H25FN4O4. The number of ether oxygens (including phenoxy) is 1. The molecule has 2 unspecified atom stereocenters. The molecule has 1 aromatic heterocycles. The maximum absolute atomic E-state index is 13.8. The second-order valence-electron chi connectivity index (χ2n) is 7.17. The Hall–Kier alpha value is -2.36. The molecule has 1 aromatic carbocycles. The van der Waals surface area contributed by atoms with E-state index in [-0.39, 0.29) is 24.5 Å². The van der Waals surface area contributed by atoms with Crippen LogP contribution in [0.25, 0.3) is 11.4 Å². The van der Waals surface area contributed by atoms with E-state index in [2.05, 4.69) is 15.0 Å². The molecule has 0 aliphatic carbocycles. The van der Waals surface area contributed by atoms with Gasteiger partial charge in [0.15, 0.2) is 0 Å². The van der Waals surface area contributed by atoms with Crippen LogP contribution in [-0.2, 0) is 9.53 Å². The van der Waals surface area contributed by atoms with Crippen molar-refractivity contribution in [1.82, 2.24) is 19.9 Å². The van der Waals surface area contributed by atoms with Crippen molar-refractivity contribution in [2.45, 2.75) is 26.0 Å². The van der Waals surface area contributed by atoms with Crippen molar-refractivity contribution in [1.29, 1.82) is 0 Å². The van der Waals surface area contributed by atoms with Crippen LogP contribution in [0.15, 0.2) is 22.7 Å². The zero-order valence-electron chi connectivity index (χ0n) is 16.3. The van der Waals surface area contributed by atoms with Crippen LogP contribution in [0.2, 0.25) is 0 Å². The third-order valence-corrected chi connectivity index (χ3v) is 4.87. The van der Waals surface area contributed by atoms with Crippen LogP contribution in [-0.4, -0.2) is 77.0 Å². The summed E-state index contributed by atoms with van der Waals surface area (Å²) in [6, 6.07) is 4.72. The van der Waals surface area contributed by atoms with Gasteiger partial charge in [-0.3, -0.25) is 14.6 Å². The number of aliphatic carboxylic acids is 1. The van der Waals surface area contributed by atoms with Crippen molar-refractivity contribution < 1.29 is 23.6 Å². The van der Waals surface area contributed by atoms with Crippen LogP contribution in [0.4, 0.5) is 4.39 Å². The molecule has 1 N–H and O–H groups in total. The van der Waals surface area contributed by atoms with Gasteiger partial charge < -0.3 is 14.4 Å². The summed E-state index contributed by atoms with van der Waals surface area (Å²) in [6.45, 7) is 6.03. The van der Waals surface area contributed by atoms with E-state index < -0.39 is 5.97 Å². The highest BCUT2D eigenvalue weighted by Gasteiger charge is 2.29. The van der Waals surface area contributed by atoms with Crippen LogP contribution >= 0.6 is 0 Å². The van der Waals surface area contributed by atoms with Crippen LogP contribution in [0, 0.1) is 12.7 Å². The second kappa shape index (κ2) is 8.76. The molecule has 0 saturated carbocycles. The molecule has 8 nitrogen and oxygen atoms in total. The molecule has 28 heavy (non-hydrogen) atoms. The predicted octanol–water partition coefficient (Wildman–Crippen LogP) is 1.96. The topological polar surface area (TPSA) is 91.9 Å². The summed E-state index contributed by atoms with van der Waals surface area (Å²) < 4.78 is 25.0. The molecule has 3 rings (SSSR count). The quantitative estimate of drug-likeness (QED) is 0.765. The number of benzene rings is 1. The number of rotatable bonds is 7.